The van der Waals surface area contributed by atoms with E-state index in [1.165, 1.54) is 12.8 Å². The van der Waals surface area contributed by atoms with Crippen molar-refractivity contribution in [2.75, 3.05) is 46.3 Å². The largest absolute Gasteiger partial charge is 0.478 e. The lowest BCUT2D eigenvalue weighted by atomic mass is 10.0. The molecule has 7 nitrogen and oxygen atoms in total. The van der Waals surface area contributed by atoms with Crippen molar-refractivity contribution in [2.24, 2.45) is 0 Å². The maximum atomic E-state index is 13.7. The van der Waals surface area contributed by atoms with Crippen LogP contribution in [0.4, 0.5) is 0 Å². The second-order valence-electron chi connectivity index (χ2n) is 10.00. The maximum absolute atomic E-state index is 13.7. The van der Waals surface area contributed by atoms with Gasteiger partial charge in [-0.1, -0.05) is 30.3 Å². The van der Waals surface area contributed by atoms with Crippen molar-refractivity contribution < 1.29 is 9.90 Å². The molecule has 184 valence electrons. The summed E-state index contributed by atoms with van der Waals surface area (Å²) in [6.07, 6.45) is 2.41. The summed E-state index contributed by atoms with van der Waals surface area (Å²) in [5.74, 6) is -0.998. The number of nitrogens with zero attached hydrogens (tertiary/aromatic N) is 4. The lowest BCUT2D eigenvalue weighted by molar-refractivity contribution is 0.0601. The topological polar surface area (TPSA) is 69.0 Å². The molecule has 5 rings (SSSR count). The summed E-state index contributed by atoms with van der Waals surface area (Å²) in [5, 5.41) is 11.2. The van der Waals surface area contributed by atoms with E-state index >= 15 is 0 Å². The van der Waals surface area contributed by atoms with Crippen LogP contribution in [0.5, 0.6) is 0 Å². The van der Waals surface area contributed by atoms with Gasteiger partial charge in [-0.15, -0.1) is 0 Å². The van der Waals surface area contributed by atoms with Gasteiger partial charge in [0, 0.05) is 55.2 Å². The van der Waals surface area contributed by atoms with Gasteiger partial charge < -0.3 is 10.0 Å². The van der Waals surface area contributed by atoms with Crippen molar-refractivity contribution in [1.29, 1.82) is 0 Å². The fourth-order valence-electron chi connectivity index (χ4n) is 5.68. The van der Waals surface area contributed by atoms with Gasteiger partial charge in [0.25, 0.3) is 5.56 Å². The third-order valence-electron chi connectivity index (χ3n) is 7.65. The number of carboxylic acids is 1. The Hall–Kier alpha value is -3.00. The molecule has 3 aromatic rings. The van der Waals surface area contributed by atoms with Crippen LogP contribution in [0.2, 0.25) is 0 Å². The molecule has 2 aliphatic rings. The van der Waals surface area contributed by atoms with E-state index in [0.29, 0.717) is 34.7 Å². The van der Waals surface area contributed by atoms with Gasteiger partial charge in [-0.05, 0) is 63.7 Å². The number of aromatic nitrogens is 1. The highest BCUT2D eigenvalue weighted by molar-refractivity contribution is 6.04. The van der Waals surface area contributed by atoms with E-state index in [1.807, 2.05) is 31.2 Å². The van der Waals surface area contributed by atoms with Gasteiger partial charge >= 0.3 is 5.97 Å². The Morgan fingerprint density at radius 2 is 1.63 bits per heavy atom. The van der Waals surface area contributed by atoms with Crippen molar-refractivity contribution in [2.45, 2.75) is 32.4 Å². The molecular weight excluding hydrogens is 440 g/mol. The fourth-order valence-corrected chi connectivity index (χ4v) is 5.68. The molecule has 0 radical (unpaired) electrons. The molecule has 1 N–H and O–H groups in total. The quantitative estimate of drug-likeness (QED) is 0.613. The fraction of sp³-hybridized carbons (Fsp3) is 0.429. The van der Waals surface area contributed by atoms with Crippen LogP contribution in [0.15, 0.2) is 53.3 Å². The number of fused-ring (bicyclic) bond motifs is 1. The molecule has 3 heterocycles. The number of likely N-dealkylation sites (tertiary alicyclic amines) is 1. The first-order chi connectivity index (χ1) is 16.9. The summed E-state index contributed by atoms with van der Waals surface area (Å²) >= 11 is 0. The van der Waals surface area contributed by atoms with Crippen molar-refractivity contribution >= 4 is 16.7 Å². The van der Waals surface area contributed by atoms with Gasteiger partial charge in [0.15, 0.2) is 0 Å². The van der Waals surface area contributed by atoms with Crippen LogP contribution in [-0.4, -0.2) is 82.7 Å². The highest BCUT2D eigenvalue weighted by atomic mass is 16.4. The molecule has 0 aliphatic carbocycles. The number of piperazine rings is 1. The zero-order chi connectivity index (χ0) is 24.5. The van der Waals surface area contributed by atoms with Crippen molar-refractivity contribution in [3.8, 4) is 5.69 Å². The summed E-state index contributed by atoms with van der Waals surface area (Å²) < 4.78 is 1.63. The Balaban J connectivity index is 1.51. The van der Waals surface area contributed by atoms with Crippen molar-refractivity contribution in [3.05, 3.63) is 75.7 Å². The lowest BCUT2D eigenvalue weighted by Gasteiger charge is -2.42. The summed E-state index contributed by atoms with van der Waals surface area (Å²) in [6, 6.07) is 15.4. The Labute approximate surface area is 206 Å². The van der Waals surface area contributed by atoms with Crippen LogP contribution in [0.3, 0.4) is 0 Å². The molecule has 2 saturated heterocycles. The zero-order valence-corrected chi connectivity index (χ0v) is 20.6. The standard InChI is InChI=1S/C28H34N4O3/c1-20-6-5-7-22(18-20)32-25(26(28(34)35)23-8-3-4-9-24(23)27(32)33)19-30-14-16-31(17-15-30)21-10-12-29(2)13-11-21/h3-9,18,21H,10-17,19H2,1-2H3,(H,34,35). The summed E-state index contributed by atoms with van der Waals surface area (Å²) in [4.78, 5) is 33.6. The van der Waals surface area contributed by atoms with E-state index in [9.17, 15) is 14.7 Å². The van der Waals surface area contributed by atoms with E-state index in [0.717, 1.165) is 44.8 Å². The average Bonchev–Trinajstić information content (AvgIpc) is 2.85. The normalized spacial score (nSPS) is 18.8. The maximum Gasteiger partial charge on any atom is 0.338 e. The monoisotopic (exact) mass is 474 g/mol. The number of hydrogen-bond donors (Lipinski definition) is 1. The molecular formula is C28H34N4O3. The van der Waals surface area contributed by atoms with Gasteiger partial charge in [-0.25, -0.2) is 4.79 Å². The van der Waals surface area contributed by atoms with Crippen molar-refractivity contribution in [3.63, 3.8) is 0 Å². The predicted molar refractivity (Wildman–Crippen MR) is 139 cm³/mol. The Bertz CT molecular complexity index is 1290. The number of carboxylic acid groups (broad SMARTS) is 1. The highest BCUT2D eigenvalue weighted by Crippen LogP contribution is 2.25. The predicted octanol–water partition coefficient (Wildman–Crippen LogP) is 3.21. The van der Waals surface area contributed by atoms with E-state index in [-0.39, 0.29) is 11.1 Å². The van der Waals surface area contributed by atoms with Gasteiger partial charge in [0.2, 0.25) is 0 Å². The van der Waals surface area contributed by atoms with Gasteiger partial charge in [0.1, 0.15) is 0 Å². The first kappa shape index (κ1) is 23.7. The third kappa shape index (κ3) is 4.76. The second-order valence-corrected chi connectivity index (χ2v) is 10.00. The minimum absolute atomic E-state index is 0.170. The van der Waals surface area contributed by atoms with E-state index in [4.69, 9.17) is 0 Å². The molecule has 0 atom stereocenters. The molecule has 35 heavy (non-hydrogen) atoms. The summed E-state index contributed by atoms with van der Waals surface area (Å²) in [6.45, 7) is 8.37. The van der Waals surface area contributed by atoms with Crippen LogP contribution in [0, 0.1) is 6.92 Å². The molecule has 7 heteroatoms. The van der Waals surface area contributed by atoms with Crippen LogP contribution in [-0.2, 0) is 6.54 Å². The minimum Gasteiger partial charge on any atom is -0.478 e. The molecule has 0 saturated carbocycles. The van der Waals surface area contributed by atoms with Crippen LogP contribution >= 0.6 is 0 Å². The smallest absolute Gasteiger partial charge is 0.338 e. The molecule has 2 aliphatic heterocycles. The molecule has 0 spiro atoms. The number of pyridine rings is 1. The van der Waals surface area contributed by atoms with Gasteiger partial charge in [0.05, 0.1) is 11.3 Å². The molecule has 2 fully saturated rings. The number of aromatic carboxylic acids is 1. The third-order valence-corrected chi connectivity index (χ3v) is 7.65. The SMILES string of the molecule is Cc1cccc(-n2c(CN3CCN(C4CCN(C)CC4)CC3)c(C(=O)O)c3ccccc3c2=O)c1. The zero-order valence-electron chi connectivity index (χ0n) is 20.6. The number of aryl methyl sites for hydroxylation is 1. The van der Waals surface area contributed by atoms with Crippen LogP contribution in [0.1, 0.15) is 34.5 Å². The first-order valence-electron chi connectivity index (χ1n) is 12.5. The Kier molecular flexibility index (Phi) is 6.73. The number of rotatable bonds is 5. The number of piperidine rings is 1. The molecule has 0 unspecified atom stereocenters. The first-order valence-corrected chi connectivity index (χ1v) is 12.5. The Morgan fingerprint density at radius 1 is 0.943 bits per heavy atom. The summed E-state index contributed by atoms with van der Waals surface area (Å²) in [5.41, 5.74) is 2.34. The van der Waals surface area contributed by atoms with E-state index in [1.54, 1.807) is 28.8 Å². The van der Waals surface area contributed by atoms with E-state index in [2.05, 4.69) is 21.7 Å². The molecule has 0 bridgehead atoms. The van der Waals surface area contributed by atoms with E-state index < -0.39 is 5.97 Å². The number of carbonyl (C=O) groups is 1. The Morgan fingerprint density at radius 3 is 2.29 bits per heavy atom. The highest BCUT2D eigenvalue weighted by Gasteiger charge is 2.29. The van der Waals surface area contributed by atoms with Crippen LogP contribution < -0.4 is 5.56 Å². The molecule has 1 aromatic heterocycles. The number of benzene rings is 2. The van der Waals surface area contributed by atoms with Gasteiger partial charge in [-0.3, -0.25) is 19.2 Å². The van der Waals surface area contributed by atoms with Crippen molar-refractivity contribution in [1.82, 2.24) is 19.3 Å². The van der Waals surface area contributed by atoms with Crippen LogP contribution in [0.25, 0.3) is 16.5 Å². The molecule has 2 aromatic carbocycles. The second kappa shape index (κ2) is 9.93. The summed E-state index contributed by atoms with van der Waals surface area (Å²) in [7, 11) is 2.19. The minimum atomic E-state index is -0.998. The van der Waals surface area contributed by atoms with Gasteiger partial charge in [-0.2, -0.15) is 0 Å². The molecule has 0 amide bonds. The number of hydrogen-bond acceptors (Lipinski definition) is 5. The average molecular weight is 475 g/mol. The lowest BCUT2D eigenvalue weighted by Crippen LogP contribution is -2.52.